The molecule has 0 aliphatic carbocycles. The van der Waals surface area contributed by atoms with Gasteiger partial charge in [-0.15, -0.1) is 0 Å². The molecule has 3 aromatic rings. The average molecular weight is 414 g/mol. The van der Waals surface area contributed by atoms with E-state index in [1.54, 1.807) is 24.3 Å². The van der Waals surface area contributed by atoms with E-state index >= 15 is 0 Å². The molecule has 140 valence electrons. The maximum absolute atomic E-state index is 12.9. The average Bonchev–Trinajstić information content (AvgIpc) is 2.61. The number of para-hydroxylation sites is 1. The zero-order valence-corrected chi connectivity index (χ0v) is 15.0. The minimum atomic E-state index is -4.50. The third-order valence-corrected chi connectivity index (χ3v) is 4.22. The Kier molecular flexibility index (Phi) is 5.29. The van der Waals surface area contributed by atoms with Gasteiger partial charge in [0, 0.05) is 0 Å². The molecule has 3 rings (SSSR count). The van der Waals surface area contributed by atoms with Crippen molar-refractivity contribution >= 4 is 51.9 Å². The number of nitrogen functional groups attached to an aromatic ring is 1. The third-order valence-electron chi connectivity index (χ3n) is 3.56. The molecule has 1 heterocycles. The summed E-state index contributed by atoms with van der Waals surface area (Å²) in [7, 11) is 0. The van der Waals surface area contributed by atoms with Gasteiger partial charge in [-0.3, -0.25) is 0 Å². The topological polar surface area (TPSA) is 75.9 Å². The van der Waals surface area contributed by atoms with Crippen LogP contribution in [0.2, 0.25) is 10.0 Å². The molecule has 4 N–H and O–H groups in total. The Labute approximate surface area is 162 Å². The van der Waals surface area contributed by atoms with Gasteiger partial charge in [0.25, 0.3) is 0 Å². The summed E-state index contributed by atoms with van der Waals surface area (Å²) in [6, 6.07) is 9.86. The number of hydrogen-bond donors (Lipinski definition) is 3. The van der Waals surface area contributed by atoms with Crippen LogP contribution in [0.15, 0.2) is 48.8 Å². The molecule has 10 heteroatoms. The summed E-state index contributed by atoms with van der Waals surface area (Å²) in [6.45, 7) is 0. The maximum atomic E-state index is 12.9. The highest BCUT2D eigenvalue weighted by atomic mass is 35.5. The van der Waals surface area contributed by atoms with E-state index in [1.165, 1.54) is 6.33 Å². The van der Waals surface area contributed by atoms with Gasteiger partial charge in [0.05, 0.1) is 27.0 Å². The van der Waals surface area contributed by atoms with Gasteiger partial charge in [-0.1, -0.05) is 35.3 Å². The minimum Gasteiger partial charge on any atom is -0.393 e. The molecule has 0 radical (unpaired) electrons. The molecule has 0 aliphatic heterocycles. The number of rotatable bonds is 4. The molecule has 0 fully saturated rings. The summed E-state index contributed by atoms with van der Waals surface area (Å²) in [5.74, 6) is 0.337. The zero-order chi connectivity index (χ0) is 19.6. The lowest BCUT2D eigenvalue weighted by molar-refractivity contribution is -0.137. The van der Waals surface area contributed by atoms with Crippen LogP contribution >= 0.6 is 23.2 Å². The molecule has 0 spiro atoms. The van der Waals surface area contributed by atoms with Gasteiger partial charge >= 0.3 is 6.18 Å². The summed E-state index contributed by atoms with van der Waals surface area (Å²) in [5, 5.41) is 6.20. The van der Waals surface area contributed by atoms with Gasteiger partial charge in [-0.25, -0.2) is 9.97 Å². The first-order valence-corrected chi connectivity index (χ1v) is 8.27. The van der Waals surface area contributed by atoms with Crippen LogP contribution in [0.4, 0.5) is 41.9 Å². The quantitative estimate of drug-likeness (QED) is 0.498. The first kappa shape index (κ1) is 19.1. The molecule has 0 atom stereocenters. The number of nitrogens with one attached hydrogen (secondary N) is 2. The second-order valence-electron chi connectivity index (χ2n) is 5.41. The van der Waals surface area contributed by atoms with Gasteiger partial charge in [0.15, 0.2) is 11.6 Å². The van der Waals surface area contributed by atoms with E-state index in [-0.39, 0.29) is 28.0 Å². The predicted molar refractivity (Wildman–Crippen MR) is 101 cm³/mol. The Bertz CT molecular complexity index is 979. The molecule has 0 bridgehead atoms. The zero-order valence-electron chi connectivity index (χ0n) is 13.5. The van der Waals surface area contributed by atoms with E-state index in [2.05, 4.69) is 20.6 Å². The first-order valence-electron chi connectivity index (χ1n) is 7.51. The maximum Gasteiger partial charge on any atom is 0.416 e. The lowest BCUT2D eigenvalue weighted by atomic mass is 10.2. The van der Waals surface area contributed by atoms with Gasteiger partial charge in [0.1, 0.15) is 12.0 Å². The Hall–Kier alpha value is -2.71. The Morgan fingerprint density at radius 3 is 2.07 bits per heavy atom. The molecule has 0 saturated carbocycles. The number of aromatic nitrogens is 2. The van der Waals surface area contributed by atoms with Crippen LogP contribution in [-0.4, -0.2) is 9.97 Å². The van der Waals surface area contributed by atoms with E-state index in [0.717, 1.165) is 18.2 Å². The molecule has 0 saturated heterocycles. The summed E-state index contributed by atoms with van der Waals surface area (Å²) in [5.41, 5.74) is 5.86. The van der Waals surface area contributed by atoms with Crippen molar-refractivity contribution in [3.63, 3.8) is 0 Å². The monoisotopic (exact) mass is 413 g/mol. The molecule has 0 aliphatic rings. The highest BCUT2D eigenvalue weighted by Gasteiger charge is 2.31. The number of anilines is 5. The van der Waals surface area contributed by atoms with Crippen LogP contribution in [0.25, 0.3) is 0 Å². The summed E-state index contributed by atoms with van der Waals surface area (Å²) >= 11 is 12.1. The lowest BCUT2D eigenvalue weighted by Crippen LogP contribution is -2.08. The van der Waals surface area contributed by atoms with Crippen LogP contribution in [-0.2, 0) is 6.18 Å². The van der Waals surface area contributed by atoms with E-state index in [0.29, 0.717) is 10.7 Å². The number of halogens is 5. The van der Waals surface area contributed by atoms with Crippen LogP contribution < -0.4 is 16.4 Å². The number of hydrogen-bond acceptors (Lipinski definition) is 5. The van der Waals surface area contributed by atoms with Gasteiger partial charge in [-0.05, 0) is 30.3 Å². The first-order chi connectivity index (χ1) is 12.8. The molecular weight excluding hydrogens is 402 g/mol. The van der Waals surface area contributed by atoms with Crippen molar-refractivity contribution in [2.75, 3.05) is 16.4 Å². The van der Waals surface area contributed by atoms with Gasteiger partial charge < -0.3 is 16.4 Å². The standard InChI is InChI=1S/C17H12Cl2F3N5/c18-10-3-1-2-4-12(10)26-15-14(23)16(25-8-24-15)27-13-7-9(17(20,21)22)5-6-11(13)19/h1-8H,23H2,(H2,24,25,26,27). The van der Waals surface area contributed by atoms with Crippen molar-refractivity contribution in [1.82, 2.24) is 9.97 Å². The molecule has 0 amide bonds. The normalized spacial score (nSPS) is 11.3. The van der Waals surface area contributed by atoms with E-state index in [1.807, 2.05) is 0 Å². The minimum absolute atomic E-state index is 0.0144. The molecule has 27 heavy (non-hydrogen) atoms. The Balaban J connectivity index is 1.92. The van der Waals surface area contributed by atoms with E-state index in [4.69, 9.17) is 28.9 Å². The van der Waals surface area contributed by atoms with Crippen molar-refractivity contribution in [1.29, 1.82) is 0 Å². The van der Waals surface area contributed by atoms with Crippen molar-refractivity contribution in [3.8, 4) is 0 Å². The molecule has 5 nitrogen and oxygen atoms in total. The fourth-order valence-electron chi connectivity index (χ4n) is 2.21. The van der Waals surface area contributed by atoms with Crippen molar-refractivity contribution in [3.05, 3.63) is 64.4 Å². The SMILES string of the molecule is Nc1c(Nc2ccccc2Cl)ncnc1Nc1cc(C(F)(F)F)ccc1Cl. The fourth-order valence-corrected chi connectivity index (χ4v) is 2.56. The number of nitrogens with two attached hydrogens (primary N) is 1. The highest BCUT2D eigenvalue weighted by molar-refractivity contribution is 6.33. The predicted octanol–water partition coefficient (Wildman–Crippen LogP) is 5.87. The number of nitrogens with zero attached hydrogens (tertiary/aromatic N) is 2. The van der Waals surface area contributed by atoms with Gasteiger partial charge in [0.2, 0.25) is 0 Å². The summed E-state index contributed by atoms with van der Waals surface area (Å²) in [6.07, 6.45) is -3.30. The van der Waals surface area contributed by atoms with E-state index < -0.39 is 11.7 Å². The van der Waals surface area contributed by atoms with Crippen LogP contribution in [0.1, 0.15) is 5.56 Å². The number of alkyl halides is 3. The highest BCUT2D eigenvalue weighted by Crippen LogP contribution is 2.36. The van der Waals surface area contributed by atoms with Crippen LogP contribution in [0, 0.1) is 0 Å². The fraction of sp³-hybridized carbons (Fsp3) is 0.0588. The van der Waals surface area contributed by atoms with Crippen molar-refractivity contribution < 1.29 is 13.2 Å². The summed E-state index contributed by atoms with van der Waals surface area (Å²) in [4.78, 5) is 8.01. The largest absolute Gasteiger partial charge is 0.416 e. The molecular formula is C17H12Cl2F3N5. The molecule has 1 aromatic heterocycles. The van der Waals surface area contributed by atoms with Crippen LogP contribution in [0.3, 0.4) is 0 Å². The van der Waals surface area contributed by atoms with E-state index in [9.17, 15) is 13.2 Å². The van der Waals surface area contributed by atoms with Crippen LogP contribution in [0.5, 0.6) is 0 Å². The molecule has 0 unspecified atom stereocenters. The number of benzene rings is 2. The second kappa shape index (κ2) is 7.50. The third kappa shape index (κ3) is 4.35. The van der Waals surface area contributed by atoms with Crippen molar-refractivity contribution in [2.24, 2.45) is 0 Å². The van der Waals surface area contributed by atoms with Crippen molar-refractivity contribution in [2.45, 2.75) is 6.18 Å². The summed E-state index contributed by atoms with van der Waals surface area (Å²) < 4.78 is 38.8. The second-order valence-corrected chi connectivity index (χ2v) is 6.22. The Morgan fingerprint density at radius 1 is 0.852 bits per heavy atom. The smallest absolute Gasteiger partial charge is 0.393 e. The lowest BCUT2D eigenvalue weighted by Gasteiger charge is -2.15. The van der Waals surface area contributed by atoms with Gasteiger partial charge in [-0.2, -0.15) is 13.2 Å². The Morgan fingerprint density at radius 2 is 1.44 bits per heavy atom. The molecule has 2 aromatic carbocycles.